The highest BCUT2D eigenvalue weighted by Crippen LogP contribution is 2.10. The van der Waals surface area contributed by atoms with Crippen LogP contribution in [-0.4, -0.2) is 39.2 Å². The van der Waals surface area contributed by atoms with Gasteiger partial charge in [-0.15, -0.1) is 12.4 Å². The Balaban J connectivity index is 0.00000625. The Morgan fingerprint density at radius 3 is 2.23 bits per heavy atom. The number of nitrogens with two attached hydrogens (primary N) is 1. The lowest BCUT2D eigenvalue weighted by Gasteiger charge is -2.17. The molecule has 2 unspecified atom stereocenters. The van der Waals surface area contributed by atoms with Gasteiger partial charge in [-0.1, -0.05) is 44.5 Å². The van der Waals surface area contributed by atoms with Crippen molar-refractivity contribution in [1.29, 1.82) is 0 Å². The summed E-state index contributed by atoms with van der Waals surface area (Å²) in [4.78, 5) is 23.0. The lowest BCUT2D eigenvalue weighted by atomic mass is 9.99. The van der Waals surface area contributed by atoms with E-state index in [1.165, 1.54) is 0 Å². The summed E-state index contributed by atoms with van der Waals surface area (Å²) in [5.74, 6) is -1.78. The zero-order chi connectivity index (χ0) is 19.0. The van der Waals surface area contributed by atoms with Gasteiger partial charge < -0.3 is 15.8 Å². The van der Waals surface area contributed by atoms with E-state index in [9.17, 15) is 18.0 Å². The summed E-state index contributed by atoms with van der Waals surface area (Å²) in [6, 6.07) is 6.24. The van der Waals surface area contributed by atoms with Crippen LogP contribution in [0.4, 0.5) is 0 Å². The fraction of sp³-hybridized carbons (Fsp3) is 0.529. The number of rotatable bonds is 9. The van der Waals surface area contributed by atoms with Gasteiger partial charge in [0.1, 0.15) is 5.75 Å². The first-order chi connectivity index (χ1) is 11.7. The number of benzene rings is 1. The average molecular weight is 407 g/mol. The Morgan fingerprint density at radius 1 is 1.19 bits per heavy atom. The Bertz CT molecular complexity index is 692. The zero-order valence-corrected chi connectivity index (χ0v) is 16.9. The maximum absolute atomic E-state index is 11.9. The number of hydrogen-bond donors (Lipinski definition) is 2. The highest BCUT2D eigenvalue weighted by molar-refractivity contribution is 7.91. The molecule has 0 spiro atoms. The number of methoxy groups -OCH3 is 1. The van der Waals surface area contributed by atoms with Crippen LogP contribution in [0.15, 0.2) is 24.3 Å². The molecule has 9 heteroatoms. The van der Waals surface area contributed by atoms with Gasteiger partial charge in [0.2, 0.25) is 5.91 Å². The molecule has 0 saturated carbocycles. The summed E-state index contributed by atoms with van der Waals surface area (Å²) < 4.78 is 28.1. The second-order valence-corrected chi connectivity index (χ2v) is 8.12. The summed E-state index contributed by atoms with van der Waals surface area (Å²) in [6.07, 6.45) is 0.823. The molecule has 0 aromatic heterocycles. The third-order valence-electron chi connectivity index (χ3n) is 4.00. The van der Waals surface area contributed by atoms with Gasteiger partial charge in [-0.25, -0.2) is 8.42 Å². The van der Waals surface area contributed by atoms with Crippen molar-refractivity contribution in [3.05, 3.63) is 35.4 Å². The molecule has 0 heterocycles. The van der Waals surface area contributed by atoms with Crippen LogP contribution in [0.3, 0.4) is 0 Å². The molecule has 7 nitrogen and oxygen atoms in total. The highest BCUT2D eigenvalue weighted by Gasteiger charge is 2.19. The van der Waals surface area contributed by atoms with Crippen LogP contribution in [0, 0.1) is 5.92 Å². The van der Waals surface area contributed by atoms with Gasteiger partial charge in [-0.05, 0) is 17.0 Å². The van der Waals surface area contributed by atoms with Gasteiger partial charge in [0.05, 0.1) is 18.9 Å². The smallest absolute Gasteiger partial charge is 0.320 e. The van der Waals surface area contributed by atoms with Crippen LogP contribution in [0.1, 0.15) is 31.4 Å². The summed E-state index contributed by atoms with van der Waals surface area (Å²) >= 11 is 0. The van der Waals surface area contributed by atoms with E-state index >= 15 is 0 Å². The molecule has 26 heavy (non-hydrogen) atoms. The van der Waals surface area contributed by atoms with Gasteiger partial charge in [-0.3, -0.25) is 9.59 Å². The normalized spacial score (nSPS) is 13.2. The Kier molecular flexibility index (Phi) is 10.4. The molecule has 0 bridgehead atoms. The quantitative estimate of drug-likeness (QED) is 0.595. The number of esters is 1. The fourth-order valence-corrected chi connectivity index (χ4v) is 3.40. The third-order valence-corrected chi connectivity index (χ3v) is 5.45. The monoisotopic (exact) mass is 406 g/mol. The zero-order valence-electron chi connectivity index (χ0n) is 15.2. The molecule has 1 amide bonds. The SMILES string of the molecule is CCC(C)C(N)C(=O)NCc1ccc(CS(=O)(=O)CC(=O)OC)cc1.Cl. The largest absolute Gasteiger partial charge is 0.468 e. The molecule has 2 atom stereocenters. The summed E-state index contributed by atoms with van der Waals surface area (Å²) in [5, 5.41) is 2.77. The van der Waals surface area contributed by atoms with Gasteiger partial charge >= 0.3 is 5.97 Å². The van der Waals surface area contributed by atoms with Crippen LogP contribution in [0.5, 0.6) is 0 Å². The minimum absolute atomic E-state index is 0. The summed E-state index contributed by atoms with van der Waals surface area (Å²) in [6.45, 7) is 4.22. The van der Waals surface area contributed by atoms with E-state index in [4.69, 9.17) is 5.73 Å². The van der Waals surface area contributed by atoms with Crippen LogP contribution in [0.2, 0.25) is 0 Å². The molecule has 0 aliphatic heterocycles. The standard InChI is InChI=1S/C17H26N2O5S.ClH/c1-4-12(2)16(18)17(21)19-9-13-5-7-14(8-6-13)10-25(22,23)11-15(20)24-3;/h5-8,12,16H,4,9-11,18H2,1-3H3,(H,19,21);1H. The number of sulfone groups is 1. The molecular weight excluding hydrogens is 380 g/mol. The van der Waals surface area contributed by atoms with Gasteiger partial charge in [0.25, 0.3) is 0 Å². The van der Waals surface area contributed by atoms with E-state index in [2.05, 4.69) is 10.1 Å². The molecule has 0 radical (unpaired) electrons. The summed E-state index contributed by atoms with van der Waals surface area (Å²) in [5.41, 5.74) is 7.26. The minimum atomic E-state index is -3.57. The van der Waals surface area contributed by atoms with Gasteiger partial charge in [0.15, 0.2) is 9.84 Å². The predicted molar refractivity (Wildman–Crippen MR) is 102 cm³/mol. The van der Waals surface area contributed by atoms with E-state index < -0.39 is 27.6 Å². The number of amides is 1. The number of carbonyl (C=O) groups is 2. The van der Waals surface area contributed by atoms with Crippen molar-refractivity contribution >= 4 is 34.1 Å². The number of hydrogen-bond acceptors (Lipinski definition) is 6. The van der Waals surface area contributed by atoms with E-state index in [0.717, 1.165) is 19.1 Å². The van der Waals surface area contributed by atoms with Crippen molar-refractivity contribution in [3.8, 4) is 0 Å². The van der Waals surface area contributed by atoms with Crippen molar-refractivity contribution in [2.45, 2.75) is 38.6 Å². The maximum atomic E-state index is 11.9. The van der Waals surface area contributed by atoms with Gasteiger partial charge in [-0.2, -0.15) is 0 Å². The fourth-order valence-electron chi connectivity index (χ4n) is 2.12. The van der Waals surface area contributed by atoms with Crippen molar-refractivity contribution in [3.63, 3.8) is 0 Å². The van der Waals surface area contributed by atoms with Crippen LogP contribution in [-0.2, 0) is 36.5 Å². The second-order valence-electron chi connectivity index (χ2n) is 6.05. The van der Waals surface area contributed by atoms with E-state index in [1.807, 2.05) is 13.8 Å². The van der Waals surface area contributed by atoms with Crippen LogP contribution < -0.4 is 11.1 Å². The molecule has 1 aromatic rings. The Morgan fingerprint density at radius 2 is 1.73 bits per heavy atom. The first-order valence-corrected chi connectivity index (χ1v) is 9.89. The predicted octanol–water partition coefficient (Wildman–Crippen LogP) is 1.19. The summed E-state index contributed by atoms with van der Waals surface area (Å²) in [7, 11) is -2.42. The number of halogens is 1. The Labute approximate surface area is 161 Å². The van der Waals surface area contributed by atoms with Crippen molar-refractivity contribution in [2.75, 3.05) is 12.9 Å². The molecular formula is C17H27ClN2O5S. The molecule has 0 aliphatic carbocycles. The third kappa shape index (κ3) is 8.16. The first-order valence-electron chi connectivity index (χ1n) is 8.06. The van der Waals surface area contributed by atoms with Crippen molar-refractivity contribution in [2.24, 2.45) is 11.7 Å². The van der Waals surface area contributed by atoms with Crippen LogP contribution >= 0.6 is 12.4 Å². The number of ether oxygens (including phenoxy) is 1. The number of nitrogens with one attached hydrogen (secondary N) is 1. The first kappa shape index (κ1) is 24.4. The topological polar surface area (TPSA) is 116 Å². The molecule has 148 valence electrons. The molecule has 0 aliphatic rings. The van der Waals surface area contributed by atoms with E-state index in [-0.39, 0.29) is 30.0 Å². The van der Waals surface area contributed by atoms with Crippen molar-refractivity contribution in [1.82, 2.24) is 5.32 Å². The minimum Gasteiger partial charge on any atom is -0.468 e. The molecule has 1 rings (SSSR count). The number of carbonyl (C=O) groups excluding carboxylic acids is 2. The lowest BCUT2D eigenvalue weighted by molar-refractivity contribution is -0.137. The van der Waals surface area contributed by atoms with Crippen molar-refractivity contribution < 1.29 is 22.7 Å². The molecule has 0 fully saturated rings. The maximum Gasteiger partial charge on any atom is 0.320 e. The van der Waals surface area contributed by atoms with Gasteiger partial charge in [0, 0.05) is 6.54 Å². The lowest BCUT2D eigenvalue weighted by Crippen LogP contribution is -2.44. The highest BCUT2D eigenvalue weighted by atomic mass is 35.5. The van der Waals surface area contributed by atoms with Crippen LogP contribution in [0.25, 0.3) is 0 Å². The van der Waals surface area contributed by atoms with E-state index in [1.54, 1.807) is 24.3 Å². The van der Waals surface area contributed by atoms with E-state index in [0.29, 0.717) is 12.1 Å². The molecule has 0 saturated heterocycles. The molecule has 3 N–H and O–H groups in total. The second kappa shape index (κ2) is 11.2. The average Bonchev–Trinajstić information content (AvgIpc) is 2.58. The Hall–Kier alpha value is -1.64. The molecule has 1 aromatic carbocycles.